The van der Waals surface area contributed by atoms with E-state index >= 15 is 0 Å². The second kappa shape index (κ2) is 8.00. The molecule has 0 unspecified atom stereocenters. The van der Waals surface area contributed by atoms with E-state index in [1.807, 2.05) is 48.5 Å². The molecule has 0 aromatic heterocycles. The van der Waals surface area contributed by atoms with Crippen molar-refractivity contribution in [3.05, 3.63) is 71.8 Å². The van der Waals surface area contributed by atoms with Gasteiger partial charge in [-0.1, -0.05) is 81.4 Å². The number of carbonyl (C=O) groups excluding carboxylic acids is 2. The van der Waals surface area contributed by atoms with Crippen LogP contribution in [-0.2, 0) is 19.1 Å². The molecule has 3 fully saturated rings. The maximum Gasteiger partial charge on any atom is 0.310 e. The zero-order valence-electron chi connectivity index (χ0n) is 20.0. The zero-order valence-corrected chi connectivity index (χ0v) is 20.0. The number of benzene rings is 2. The van der Waals surface area contributed by atoms with E-state index in [0.29, 0.717) is 5.92 Å². The van der Waals surface area contributed by atoms with Crippen molar-refractivity contribution in [2.45, 2.75) is 58.0 Å². The number of hydrogen-bond acceptors (Lipinski definition) is 4. The fourth-order valence-electron chi connectivity index (χ4n) is 7.18. The van der Waals surface area contributed by atoms with Gasteiger partial charge in [-0.3, -0.25) is 9.59 Å². The van der Waals surface area contributed by atoms with Crippen LogP contribution < -0.4 is 0 Å². The molecule has 2 bridgehead atoms. The minimum atomic E-state index is -0.547. The first-order chi connectivity index (χ1) is 15.8. The summed E-state index contributed by atoms with van der Waals surface area (Å²) in [5.74, 6) is -1.33. The van der Waals surface area contributed by atoms with E-state index in [1.165, 1.54) is 13.5 Å². The molecule has 0 saturated heterocycles. The number of rotatable bonds is 5. The average molecular weight is 447 g/mol. The van der Waals surface area contributed by atoms with Gasteiger partial charge in [0.05, 0.1) is 18.9 Å². The topological polar surface area (TPSA) is 52.6 Å². The summed E-state index contributed by atoms with van der Waals surface area (Å²) in [5, 5.41) is 0. The number of hydrogen-bond donors (Lipinski definition) is 0. The van der Waals surface area contributed by atoms with Crippen molar-refractivity contribution in [3.8, 4) is 0 Å². The van der Waals surface area contributed by atoms with Gasteiger partial charge >= 0.3 is 11.9 Å². The van der Waals surface area contributed by atoms with Crippen molar-refractivity contribution in [2.75, 3.05) is 7.11 Å². The van der Waals surface area contributed by atoms with Crippen molar-refractivity contribution in [1.82, 2.24) is 0 Å². The van der Waals surface area contributed by atoms with Gasteiger partial charge < -0.3 is 9.47 Å². The lowest BCUT2D eigenvalue weighted by Gasteiger charge is -2.50. The molecule has 4 nitrogen and oxygen atoms in total. The molecular weight excluding hydrogens is 412 g/mol. The van der Waals surface area contributed by atoms with E-state index in [4.69, 9.17) is 9.47 Å². The van der Waals surface area contributed by atoms with Gasteiger partial charge in [0.25, 0.3) is 0 Å². The first-order valence-electron chi connectivity index (χ1n) is 12.2. The number of fused-ring (bicyclic) bond motifs is 2. The highest BCUT2D eigenvalue weighted by Gasteiger charge is 2.65. The van der Waals surface area contributed by atoms with Crippen LogP contribution in [0, 0.1) is 28.6 Å². The van der Waals surface area contributed by atoms with Crippen LogP contribution in [0.25, 0.3) is 0 Å². The SMILES string of the molecule is COC(=O)[C@H]1[C@H](C(=O)O[C@H]2C[C@H]3CC[C@]2(C)C3(C)C)[C@H](c2ccccc2)[C@H]1c1ccccc1. The Morgan fingerprint density at radius 1 is 0.818 bits per heavy atom. The summed E-state index contributed by atoms with van der Waals surface area (Å²) >= 11 is 0. The molecule has 3 saturated carbocycles. The van der Waals surface area contributed by atoms with Gasteiger partial charge in [0.1, 0.15) is 6.10 Å². The Morgan fingerprint density at radius 3 is 1.76 bits per heavy atom. The molecule has 3 aliphatic carbocycles. The summed E-state index contributed by atoms with van der Waals surface area (Å²) in [6, 6.07) is 20.1. The molecule has 4 heteroatoms. The van der Waals surface area contributed by atoms with Gasteiger partial charge in [-0.05, 0) is 41.7 Å². The minimum Gasteiger partial charge on any atom is -0.469 e. The van der Waals surface area contributed by atoms with Crippen LogP contribution in [0.15, 0.2) is 60.7 Å². The lowest BCUT2D eigenvalue weighted by molar-refractivity contribution is -0.179. The largest absolute Gasteiger partial charge is 0.469 e. The summed E-state index contributed by atoms with van der Waals surface area (Å²) in [4.78, 5) is 26.7. The maximum absolute atomic E-state index is 13.8. The monoisotopic (exact) mass is 446 g/mol. The molecule has 0 spiro atoms. The molecule has 3 aliphatic rings. The van der Waals surface area contributed by atoms with Crippen LogP contribution in [-0.4, -0.2) is 25.2 Å². The minimum absolute atomic E-state index is 0.0150. The predicted octanol–water partition coefficient (Wildman–Crippen LogP) is 5.73. The standard InChI is InChI=1S/C29H34O4/c1-28(2)20-15-16-29(28,3)21(17-20)33-27(31)25-23(19-13-9-6-10-14-19)22(24(25)26(30)32-4)18-11-7-5-8-12-18/h5-14,20-25H,15-17H2,1-4H3/t20-,21+,22-,23-,24-,25-,29+/m1/s1. The highest BCUT2D eigenvalue weighted by Crippen LogP contribution is 2.67. The fourth-order valence-corrected chi connectivity index (χ4v) is 7.18. The van der Waals surface area contributed by atoms with Crippen molar-refractivity contribution in [3.63, 3.8) is 0 Å². The normalized spacial score (nSPS) is 36.1. The van der Waals surface area contributed by atoms with Crippen molar-refractivity contribution < 1.29 is 19.1 Å². The zero-order chi connectivity index (χ0) is 23.4. The molecular formula is C29H34O4. The molecule has 2 aromatic carbocycles. The first kappa shape index (κ1) is 22.2. The van der Waals surface area contributed by atoms with Gasteiger partial charge in [-0.2, -0.15) is 0 Å². The number of ether oxygens (including phenoxy) is 2. The second-order valence-corrected chi connectivity index (χ2v) is 11.0. The van der Waals surface area contributed by atoms with Crippen molar-refractivity contribution in [2.24, 2.45) is 28.6 Å². The Kier molecular flexibility index (Phi) is 5.38. The summed E-state index contributed by atoms with van der Waals surface area (Å²) < 4.78 is 11.5. The van der Waals surface area contributed by atoms with Crippen LogP contribution in [0.4, 0.5) is 0 Å². The Bertz CT molecular complexity index is 1030. The van der Waals surface area contributed by atoms with E-state index < -0.39 is 11.8 Å². The third-order valence-corrected chi connectivity index (χ3v) is 9.63. The molecule has 7 atom stereocenters. The fraction of sp³-hybridized carbons (Fsp3) is 0.517. The quantitative estimate of drug-likeness (QED) is 0.550. The van der Waals surface area contributed by atoms with Crippen LogP contribution in [0.5, 0.6) is 0 Å². The lowest BCUT2D eigenvalue weighted by Crippen LogP contribution is -2.53. The molecule has 33 heavy (non-hydrogen) atoms. The van der Waals surface area contributed by atoms with E-state index in [9.17, 15) is 9.59 Å². The van der Waals surface area contributed by atoms with Crippen LogP contribution >= 0.6 is 0 Å². The Hall–Kier alpha value is -2.62. The average Bonchev–Trinajstić information content (AvgIpc) is 3.13. The van der Waals surface area contributed by atoms with Gasteiger partial charge in [0, 0.05) is 17.3 Å². The smallest absolute Gasteiger partial charge is 0.310 e. The molecule has 0 N–H and O–H groups in total. The van der Waals surface area contributed by atoms with Crippen LogP contribution in [0.1, 0.15) is 63.0 Å². The Balaban J connectivity index is 1.49. The maximum atomic E-state index is 13.8. The third-order valence-electron chi connectivity index (χ3n) is 9.63. The predicted molar refractivity (Wildman–Crippen MR) is 126 cm³/mol. The van der Waals surface area contributed by atoms with Gasteiger partial charge in [0.2, 0.25) is 0 Å². The summed E-state index contributed by atoms with van der Waals surface area (Å²) in [6.45, 7) is 6.91. The van der Waals surface area contributed by atoms with Crippen LogP contribution in [0.2, 0.25) is 0 Å². The third kappa shape index (κ3) is 3.25. The highest BCUT2D eigenvalue weighted by molar-refractivity contribution is 5.87. The summed E-state index contributed by atoms with van der Waals surface area (Å²) in [6.07, 6.45) is 3.11. The first-order valence-corrected chi connectivity index (χ1v) is 12.2. The molecule has 0 radical (unpaired) electrons. The molecule has 5 rings (SSSR count). The molecule has 174 valence electrons. The van der Waals surface area contributed by atoms with Gasteiger partial charge in [-0.25, -0.2) is 0 Å². The van der Waals surface area contributed by atoms with E-state index in [0.717, 1.165) is 24.0 Å². The number of methoxy groups -OCH3 is 1. The molecule has 0 aliphatic heterocycles. The van der Waals surface area contributed by atoms with E-state index in [1.54, 1.807) is 0 Å². The van der Waals surface area contributed by atoms with E-state index in [-0.39, 0.29) is 40.7 Å². The molecule has 0 amide bonds. The summed E-state index contributed by atoms with van der Waals surface area (Å²) in [5.41, 5.74) is 2.26. The second-order valence-electron chi connectivity index (χ2n) is 11.0. The molecule has 0 heterocycles. The van der Waals surface area contributed by atoms with Crippen molar-refractivity contribution in [1.29, 1.82) is 0 Å². The van der Waals surface area contributed by atoms with E-state index in [2.05, 4.69) is 32.9 Å². The number of carbonyl (C=O) groups is 2. The Morgan fingerprint density at radius 2 is 1.33 bits per heavy atom. The van der Waals surface area contributed by atoms with Crippen LogP contribution in [0.3, 0.4) is 0 Å². The Labute approximate surface area is 196 Å². The summed E-state index contributed by atoms with van der Waals surface area (Å²) in [7, 11) is 1.40. The number of esters is 2. The molecule has 2 aromatic rings. The highest BCUT2D eigenvalue weighted by atomic mass is 16.5. The lowest BCUT2D eigenvalue weighted by atomic mass is 9.52. The van der Waals surface area contributed by atoms with Gasteiger partial charge in [-0.15, -0.1) is 0 Å². The van der Waals surface area contributed by atoms with Gasteiger partial charge in [0.15, 0.2) is 0 Å². The van der Waals surface area contributed by atoms with Crippen molar-refractivity contribution >= 4 is 11.9 Å².